The summed E-state index contributed by atoms with van der Waals surface area (Å²) in [4.78, 5) is 4.75. The third kappa shape index (κ3) is 6.42. The fourth-order valence-corrected chi connectivity index (χ4v) is 7.88. The predicted molar refractivity (Wildman–Crippen MR) is 222 cm³/mol. The maximum absolute atomic E-state index is 2.47. The van der Waals surface area contributed by atoms with Gasteiger partial charge in [-0.2, -0.15) is 0 Å². The Labute approximate surface area is 309 Å². The van der Waals surface area contributed by atoms with E-state index in [9.17, 15) is 0 Å². The van der Waals surface area contributed by atoms with Gasteiger partial charge in [0.05, 0.1) is 5.69 Å². The van der Waals surface area contributed by atoms with E-state index in [4.69, 9.17) is 0 Å². The highest BCUT2D eigenvalue weighted by Crippen LogP contribution is 2.49. The zero-order valence-electron chi connectivity index (χ0n) is 30.6. The molecule has 0 aliphatic heterocycles. The van der Waals surface area contributed by atoms with Crippen LogP contribution >= 0.6 is 0 Å². The second-order valence-electron chi connectivity index (χ2n) is 15.3. The number of benzene rings is 7. The molecule has 0 atom stereocenters. The Kier molecular flexibility index (Phi) is 8.77. The molecule has 0 fully saturated rings. The normalized spacial score (nSPS) is 14.3. The van der Waals surface area contributed by atoms with E-state index in [1.54, 1.807) is 0 Å². The summed E-state index contributed by atoms with van der Waals surface area (Å²) in [5.74, 6) is 0. The standard InChI is InChI=1S/C50H46N2/c1-49(2)34-35-50(3,4)47-36-44(32-33-46(47)49)52(48-23-15-14-22-45(48)39-16-8-5-9-17-39)43-30-26-38(27-31-43)37-24-28-42(29-25-37)51(40-18-10-6-11-19-40)41-20-12-7-13-21-41/h5-33,36H,34-35H2,1-4H3. The Hall–Kier alpha value is -5.86. The minimum Gasteiger partial charge on any atom is -0.311 e. The molecule has 0 amide bonds. The first-order valence-electron chi connectivity index (χ1n) is 18.5. The van der Waals surface area contributed by atoms with Crippen LogP contribution in [0.15, 0.2) is 182 Å². The van der Waals surface area contributed by atoms with Crippen molar-refractivity contribution in [2.45, 2.75) is 51.4 Å². The SMILES string of the molecule is CC1(C)CCC(C)(C)c2cc(N(c3ccc(-c4ccc(N(c5ccccc5)c5ccccc5)cc4)cc3)c3ccccc3-c3ccccc3)ccc21. The van der Waals surface area contributed by atoms with Crippen molar-refractivity contribution in [2.24, 2.45) is 0 Å². The van der Waals surface area contributed by atoms with Gasteiger partial charge in [0.25, 0.3) is 0 Å². The van der Waals surface area contributed by atoms with Gasteiger partial charge >= 0.3 is 0 Å². The van der Waals surface area contributed by atoms with Gasteiger partial charge in [0, 0.05) is 34.0 Å². The third-order valence-corrected chi connectivity index (χ3v) is 10.9. The number of nitrogens with zero attached hydrogens (tertiary/aromatic N) is 2. The van der Waals surface area contributed by atoms with E-state index >= 15 is 0 Å². The number of anilines is 6. The third-order valence-electron chi connectivity index (χ3n) is 10.9. The summed E-state index contributed by atoms with van der Waals surface area (Å²) in [7, 11) is 0. The molecule has 0 bridgehead atoms. The number of fused-ring (bicyclic) bond motifs is 1. The van der Waals surface area contributed by atoms with Crippen molar-refractivity contribution < 1.29 is 0 Å². The summed E-state index contributed by atoms with van der Waals surface area (Å²) in [5, 5.41) is 0. The quantitative estimate of drug-likeness (QED) is 0.158. The summed E-state index contributed by atoms with van der Waals surface area (Å²) in [6, 6.07) is 65.9. The van der Waals surface area contributed by atoms with Gasteiger partial charge in [-0.25, -0.2) is 0 Å². The molecule has 7 aromatic rings. The van der Waals surface area contributed by atoms with Crippen LogP contribution in [0.2, 0.25) is 0 Å². The molecule has 0 saturated heterocycles. The fraction of sp³-hybridized carbons (Fsp3) is 0.160. The summed E-state index contributed by atoms with van der Waals surface area (Å²) >= 11 is 0. The highest BCUT2D eigenvalue weighted by molar-refractivity contribution is 5.89. The van der Waals surface area contributed by atoms with E-state index in [0.29, 0.717) is 0 Å². The number of hydrogen-bond donors (Lipinski definition) is 0. The average molecular weight is 675 g/mol. The minimum atomic E-state index is 0.109. The molecular weight excluding hydrogens is 629 g/mol. The maximum Gasteiger partial charge on any atom is 0.0540 e. The van der Waals surface area contributed by atoms with E-state index in [0.717, 1.165) is 22.7 Å². The van der Waals surface area contributed by atoms with E-state index < -0.39 is 0 Å². The summed E-state index contributed by atoms with van der Waals surface area (Å²) in [6.07, 6.45) is 2.38. The second kappa shape index (κ2) is 13.7. The van der Waals surface area contributed by atoms with Crippen LogP contribution in [0.1, 0.15) is 51.7 Å². The van der Waals surface area contributed by atoms with Gasteiger partial charge in [-0.05, 0) is 118 Å². The monoisotopic (exact) mass is 674 g/mol. The molecule has 8 rings (SSSR count). The van der Waals surface area contributed by atoms with Crippen molar-refractivity contribution in [3.8, 4) is 22.3 Å². The Bertz CT molecular complexity index is 2230. The first-order valence-corrected chi connectivity index (χ1v) is 18.5. The second-order valence-corrected chi connectivity index (χ2v) is 15.3. The van der Waals surface area contributed by atoms with E-state index in [2.05, 4.69) is 219 Å². The van der Waals surface area contributed by atoms with Gasteiger partial charge in [0.15, 0.2) is 0 Å². The van der Waals surface area contributed by atoms with Crippen LogP contribution in [-0.2, 0) is 10.8 Å². The Morgan fingerprint density at radius 1 is 0.346 bits per heavy atom. The number of hydrogen-bond acceptors (Lipinski definition) is 2. The average Bonchev–Trinajstić information content (AvgIpc) is 3.19. The zero-order valence-corrected chi connectivity index (χ0v) is 30.6. The number of para-hydroxylation sites is 3. The van der Waals surface area contributed by atoms with E-state index in [1.165, 1.54) is 57.6 Å². The van der Waals surface area contributed by atoms with Crippen LogP contribution in [-0.4, -0.2) is 0 Å². The molecular formula is C50H46N2. The zero-order chi connectivity index (χ0) is 35.7. The molecule has 0 aromatic heterocycles. The van der Waals surface area contributed by atoms with Gasteiger partial charge in [-0.15, -0.1) is 0 Å². The van der Waals surface area contributed by atoms with Gasteiger partial charge < -0.3 is 9.80 Å². The van der Waals surface area contributed by atoms with Crippen LogP contribution in [0.25, 0.3) is 22.3 Å². The molecule has 256 valence electrons. The Balaban J connectivity index is 1.19. The lowest BCUT2D eigenvalue weighted by atomic mass is 9.63. The summed E-state index contributed by atoms with van der Waals surface area (Å²) < 4.78 is 0. The van der Waals surface area contributed by atoms with Gasteiger partial charge in [-0.1, -0.05) is 143 Å². The first kappa shape index (κ1) is 33.3. The van der Waals surface area contributed by atoms with Gasteiger partial charge in [0.2, 0.25) is 0 Å². The van der Waals surface area contributed by atoms with Crippen LogP contribution in [0.3, 0.4) is 0 Å². The first-order chi connectivity index (χ1) is 25.3. The van der Waals surface area contributed by atoms with Crippen LogP contribution in [0.4, 0.5) is 34.1 Å². The molecule has 1 aliphatic rings. The molecule has 1 aliphatic carbocycles. The van der Waals surface area contributed by atoms with Crippen molar-refractivity contribution in [3.05, 3.63) is 193 Å². The van der Waals surface area contributed by atoms with Gasteiger partial charge in [0.1, 0.15) is 0 Å². The summed E-state index contributed by atoms with van der Waals surface area (Å²) in [6.45, 7) is 9.61. The minimum absolute atomic E-state index is 0.109. The molecule has 52 heavy (non-hydrogen) atoms. The molecule has 2 heteroatoms. The van der Waals surface area contributed by atoms with Crippen LogP contribution in [0.5, 0.6) is 0 Å². The highest BCUT2D eigenvalue weighted by atomic mass is 15.1. The van der Waals surface area contributed by atoms with Crippen molar-refractivity contribution in [1.82, 2.24) is 0 Å². The van der Waals surface area contributed by atoms with E-state index in [1.807, 2.05) is 0 Å². The fourth-order valence-electron chi connectivity index (χ4n) is 7.88. The van der Waals surface area contributed by atoms with Crippen molar-refractivity contribution >= 4 is 34.1 Å². The van der Waals surface area contributed by atoms with Gasteiger partial charge in [-0.3, -0.25) is 0 Å². The molecule has 0 spiro atoms. The molecule has 7 aromatic carbocycles. The molecule has 0 N–H and O–H groups in total. The molecule has 2 nitrogen and oxygen atoms in total. The van der Waals surface area contributed by atoms with Crippen molar-refractivity contribution in [3.63, 3.8) is 0 Å². The molecule has 0 saturated carbocycles. The molecule has 0 unspecified atom stereocenters. The molecule has 0 heterocycles. The van der Waals surface area contributed by atoms with E-state index in [-0.39, 0.29) is 10.8 Å². The Morgan fingerprint density at radius 3 is 1.33 bits per heavy atom. The van der Waals surface area contributed by atoms with Crippen LogP contribution < -0.4 is 9.80 Å². The smallest absolute Gasteiger partial charge is 0.0540 e. The van der Waals surface area contributed by atoms with Crippen molar-refractivity contribution in [2.75, 3.05) is 9.80 Å². The predicted octanol–water partition coefficient (Wildman–Crippen LogP) is 14.3. The van der Waals surface area contributed by atoms with Crippen LogP contribution in [0, 0.1) is 0 Å². The maximum atomic E-state index is 2.47. The topological polar surface area (TPSA) is 6.48 Å². The number of rotatable bonds is 8. The lowest BCUT2D eigenvalue weighted by molar-refractivity contribution is 0.332. The van der Waals surface area contributed by atoms with Crippen molar-refractivity contribution in [1.29, 1.82) is 0 Å². The Morgan fingerprint density at radius 2 is 0.769 bits per heavy atom. The summed E-state index contributed by atoms with van der Waals surface area (Å²) in [5.41, 5.74) is 14.9. The lowest BCUT2D eigenvalue weighted by Crippen LogP contribution is -2.34. The highest BCUT2D eigenvalue weighted by Gasteiger charge is 2.37. The lowest BCUT2D eigenvalue weighted by Gasteiger charge is -2.42. The largest absolute Gasteiger partial charge is 0.311 e. The molecule has 0 radical (unpaired) electrons.